The van der Waals surface area contributed by atoms with E-state index in [0.717, 1.165) is 0 Å². The quantitative estimate of drug-likeness (QED) is 0.112. The number of primary amides is 2. The highest BCUT2D eigenvalue weighted by molar-refractivity contribution is 5.95. The number of carbonyl (C=O) groups excluding carboxylic acids is 5. The van der Waals surface area contributed by atoms with Gasteiger partial charge in [-0.2, -0.15) is 0 Å². The fourth-order valence-electron chi connectivity index (χ4n) is 3.21. The van der Waals surface area contributed by atoms with E-state index in [4.69, 9.17) is 17.2 Å². The average molecular weight is 511 g/mol. The van der Waals surface area contributed by atoms with Crippen LogP contribution in [0.15, 0.2) is 12.5 Å². The van der Waals surface area contributed by atoms with Gasteiger partial charge in [-0.25, -0.2) is 9.78 Å². The van der Waals surface area contributed by atoms with Crippen molar-refractivity contribution in [2.75, 3.05) is 0 Å². The molecule has 0 spiro atoms. The molecular weight excluding hydrogens is 476 g/mol. The van der Waals surface area contributed by atoms with E-state index < -0.39 is 66.1 Å². The predicted molar refractivity (Wildman–Crippen MR) is 125 cm³/mol. The Balaban J connectivity index is 3.01. The Morgan fingerprint density at radius 1 is 0.944 bits per heavy atom. The van der Waals surface area contributed by atoms with Gasteiger partial charge in [0, 0.05) is 24.7 Å². The van der Waals surface area contributed by atoms with E-state index in [1.807, 2.05) is 0 Å². The first-order valence-electron chi connectivity index (χ1n) is 11.2. The molecule has 36 heavy (non-hydrogen) atoms. The van der Waals surface area contributed by atoms with Crippen molar-refractivity contribution in [1.29, 1.82) is 0 Å². The van der Waals surface area contributed by atoms with Gasteiger partial charge in [0.05, 0.1) is 18.8 Å². The van der Waals surface area contributed by atoms with E-state index in [0.29, 0.717) is 5.69 Å². The number of carbonyl (C=O) groups is 6. The molecule has 15 nitrogen and oxygen atoms in total. The maximum atomic E-state index is 13.0. The lowest BCUT2D eigenvalue weighted by Crippen LogP contribution is -2.57. The maximum Gasteiger partial charge on any atom is 0.326 e. The number of aromatic nitrogens is 2. The zero-order valence-electron chi connectivity index (χ0n) is 20.2. The molecule has 0 saturated carbocycles. The van der Waals surface area contributed by atoms with Gasteiger partial charge in [-0.1, -0.05) is 13.8 Å². The topological polar surface area (TPSA) is 265 Å². The number of H-pyrrole nitrogens is 1. The van der Waals surface area contributed by atoms with E-state index in [9.17, 15) is 33.9 Å². The maximum absolute atomic E-state index is 13.0. The summed E-state index contributed by atoms with van der Waals surface area (Å²) in [7, 11) is 0. The van der Waals surface area contributed by atoms with E-state index in [-0.39, 0.29) is 31.6 Å². The molecule has 200 valence electrons. The molecule has 0 radical (unpaired) electrons. The summed E-state index contributed by atoms with van der Waals surface area (Å²) < 4.78 is 0. The van der Waals surface area contributed by atoms with Crippen LogP contribution in [0.3, 0.4) is 0 Å². The van der Waals surface area contributed by atoms with Crippen LogP contribution in [-0.4, -0.2) is 74.7 Å². The van der Waals surface area contributed by atoms with Gasteiger partial charge >= 0.3 is 5.97 Å². The molecule has 0 aliphatic heterocycles. The predicted octanol–water partition coefficient (Wildman–Crippen LogP) is -2.99. The van der Waals surface area contributed by atoms with E-state index >= 15 is 0 Å². The smallest absolute Gasteiger partial charge is 0.326 e. The van der Waals surface area contributed by atoms with Gasteiger partial charge in [-0.3, -0.25) is 24.0 Å². The van der Waals surface area contributed by atoms with Crippen LogP contribution in [0.5, 0.6) is 0 Å². The second kappa shape index (κ2) is 14.4. The summed E-state index contributed by atoms with van der Waals surface area (Å²) in [6.45, 7) is 3.58. The molecule has 4 unspecified atom stereocenters. The van der Waals surface area contributed by atoms with Crippen molar-refractivity contribution in [2.45, 2.75) is 70.1 Å². The number of hydrogen-bond acceptors (Lipinski definition) is 8. The molecule has 0 saturated heterocycles. The summed E-state index contributed by atoms with van der Waals surface area (Å²) in [5.41, 5.74) is 16.3. The summed E-state index contributed by atoms with van der Waals surface area (Å²) in [4.78, 5) is 78.8. The number of imidazole rings is 1. The summed E-state index contributed by atoms with van der Waals surface area (Å²) in [5.74, 6) is -5.36. The number of carboxylic acids is 1. The monoisotopic (exact) mass is 510 g/mol. The van der Waals surface area contributed by atoms with Crippen molar-refractivity contribution in [2.24, 2.45) is 23.1 Å². The number of aliphatic carboxylic acids is 1. The molecule has 0 aliphatic rings. The van der Waals surface area contributed by atoms with Crippen molar-refractivity contribution in [1.82, 2.24) is 25.9 Å². The summed E-state index contributed by atoms with van der Waals surface area (Å²) in [6, 6.07) is -5.11. The summed E-state index contributed by atoms with van der Waals surface area (Å²) in [6.07, 6.45) is 1.87. The third kappa shape index (κ3) is 10.9. The first kappa shape index (κ1) is 30.0. The van der Waals surface area contributed by atoms with Gasteiger partial charge in [0.2, 0.25) is 29.5 Å². The Labute approximate surface area is 207 Å². The Morgan fingerprint density at radius 3 is 2.03 bits per heavy atom. The third-order valence-electron chi connectivity index (χ3n) is 5.00. The Kier molecular flexibility index (Phi) is 12.0. The molecule has 0 bridgehead atoms. The van der Waals surface area contributed by atoms with Crippen LogP contribution in [0, 0.1) is 5.92 Å². The molecular formula is C21H34N8O7. The summed E-state index contributed by atoms with van der Waals surface area (Å²) >= 11 is 0. The number of amides is 5. The van der Waals surface area contributed by atoms with Gasteiger partial charge in [0.1, 0.15) is 18.1 Å². The van der Waals surface area contributed by atoms with Crippen LogP contribution < -0.4 is 33.2 Å². The van der Waals surface area contributed by atoms with Gasteiger partial charge < -0.3 is 43.2 Å². The standard InChI is InChI=1S/C21H34N8O7/c1-10(2)5-14(28-18(32)12(22)7-17(24)31)20(34)27-13(3-4-16(23)30)19(33)29-15(21(35)36)6-11-8-25-9-26-11/h8-10,12-15H,3-7,22H2,1-2H3,(H2,23,30)(H2,24,31)(H,25,26)(H,27,34)(H,28,32)(H,29,33)(H,35,36). The Hall–Kier alpha value is -4.01. The number of hydrogen-bond donors (Lipinski definition) is 8. The minimum absolute atomic E-state index is 0.0721. The first-order chi connectivity index (χ1) is 16.8. The van der Waals surface area contributed by atoms with Crippen molar-refractivity contribution in [3.63, 3.8) is 0 Å². The van der Waals surface area contributed by atoms with Crippen LogP contribution in [0.2, 0.25) is 0 Å². The van der Waals surface area contributed by atoms with E-state index in [2.05, 4.69) is 25.9 Å². The van der Waals surface area contributed by atoms with Crippen molar-refractivity contribution < 1.29 is 33.9 Å². The summed E-state index contributed by atoms with van der Waals surface area (Å²) in [5, 5.41) is 16.7. The van der Waals surface area contributed by atoms with Gasteiger partial charge in [0.15, 0.2) is 0 Å². The SMILES string of the molecule is CC(C)CC(NC(=O)C(N)CC(N)=O)C(=O)NC(CCC(N)=O)C(=O)NC(Cc1cnc[nH]1)C(=O)O. The minimum atomic E-state index is -1.36. The molecule has 1 aromatic rings. The minimum Gasteiger partial charge on any atom is -0.480 e. The number of aromatic amines is 1. The highest BCUT2D eigenvalue weighted by atomic mass is 16.4. The van der Waals surface area contributed by atoms with Crippen molar-refractivity contribution in [3.8, 4) is 0 Å². The number of nitrogens with zero attached hydrogens (tertiary/aromatic N) is 1. The zero-order chi connectivity index (χ0) is 27.4. The third-order valence-corrected chi connectivity index (χ3v) is 5.00. The number of rotatable bonds is 16. The molecule has 5 amide bonds. The molecule has 11 N–H and O–H groups in total. The highest BCUT2D eigenvalue weighted by Gasteiger charge is 2.31. The molecule has 1 aromatic heterocycles. The fourth-order valence-corrected chi connectivity index (χ4v) is 3.21. The van der Waals surface area contributed by atoms with Crippen molar-refractivity contribution >= 4 is 35.5 Å². The molecule has 4 atom stereocenters. The number of nitrogens with two attached hydrogens (primary N) is 3. The molecule has 0 aliphatic carbocycles. The number of carboxylic acid groups (broad SMARTS) is 1. The first-order valence-corrected chi connectivity index (χ1v) is 11.2. The Bertz CT molecular complexity index is 935. The van der Waals surface area contributed by atoms with Crippen LogP contribution in [0.4, 0.5) is 0 Å². The lowest BCUT2D eigenvalue weighted by molar-refractivity contribution is -0.142. The van der Waals surface area contributed by atoms with Gasteiger partial charge in [-0.15, -0.1) is 0 Å². The Morgan fingerprint density at radius 2 is 1.53 bits per heavy atom. The van der Waals surface area contributed by atoms with E-state index in [1.54, 1.807) is 13.8 Å². The molecule has 0 fully saturated rings. The van der Waals surface area contributed by atoms with E-state index in [1.165, 1.54) is 12.5 Å². The van der Waals surface area contributed by atoms with Crippen LogP contribution in [0.25, 0.3) is 0 Å². The highest BCUT2D eigenvalue weighted by Crippen LogP contribution is 2.08. The molecule has 15 heteroatoms. The van der Waals surface area contributed by atoms with Crippen LogP contribution in [0.1, 0.15) is 45.2 Å². The normalized spacial score (nSPS) is 14.2. The van der Waals surface area contributed by atoms with Crippen LogP contribution in [-0.2, 0) is 35.2 Å². The van der Waals surface area contributed by atoms with Gasteiger partial charge in [-0.05, 0) is 18.8 Å². The molecule has 0 aromatic carbocycles. The zero-order valence-corrected chi connectivity index (χ0v) is 20.2. The fraction of sp³-hybridized carbons (Fsp3) is 0.571. The average Bonchev–Trinajstić information content (AvgIpc) is 3.27. The van der Waals surface area contributed by atoms with Crippen LogP contribution >= 0.6 is 0 Å². The van der Waals surface area contributed by atoms with Gasteiger partial charge in [0.25, 0.3) is 0 Å². The molecule has 1 rings (SSSR count). The number of nitrogens with one attached hydrogen (secondary N) is 4. The lowest BCUT2D eigenvalue weighted by Gasteiger charge is -2.25. The molecule has 1 heterocycles. The largest absolute Gasteiger partial charge is 0.480 e. The second-order valence-corrected chi connectivity index (χ2v) is 8.71. The second-order valence-electron chi connectivity index (χ2n) is 8.71. The van der Waals surface area contributed by atoms with Crippen molar-refractivity contribution in [3.05, 3.63) is 18.2 Å². The lowest BCUT2D eigenvalue weighted by atomic mass is 10.0.